The highest BCUT2D eigenvalue weighted by Gasteiger charge is 2.30. The molecule has 0 N–H and O–H groups in total. The van der Waals surface area contributed by atoms with Crippen molar-refractivity contribution in [2.24, 2.45) is 0 Å². The zero-order chi connectivity index (χ0) is 11.9. The maximum atomic E-state index is 4.84. The smallest absolute Gasteiger partial charge is 0.280 e. The fourth-order valence-electron chi connectivity index (χ4n) is 1.82. The van der Waals surface area contributed by atoms with Crippen molar-refractivity contribution in [3.8, 4) is 0 Å². The summed E-state index contributed by atoms with van der Waals surface area (Å²) >= 11 is 1.72. The monoisotopic (exact) mass is 248 g/mol. The summed E-state index contributed by atoms with van der Waals surface area (Å²) in [5, 5.41) is 4.36. The normalized spacial score (nSPS) is 15.2. The van der Waals surface area contributed by atoms with Crippen molar-refractivity contribution in [1.29, 1.82) is 0 Å². The molecule has 0 aliphatic carbocycles. The molecule has 0 saturated heterocycles. The van der Waals surface area contributed by atoms with Gasteiger partial charge in [-0.15, -0.1) is 16.9 Å². The van der Waals surface area contributed by atoms with Crippen LogP contribution in [-0.2, 0) is 4.87 Å². The third-order valence-electron chi connectivity index (χ3n) is 3.00. The van der Waals surface area contributed by atoms with E-state index in [0.717, 1.165) is 0 Å². The van der Waals surface area contributed by atoms with E-state index in [-0.39, 0.29) is 4.87 Å². The zero-order valence-corrected chi connectivity index (χ0v) is 10.4. The minimum atomic E-state index is -0.259. The quantitative estimate of drug-likeness (QED) is 0.667. The number of nitrogens with zero attached hydrogens (tertiary/aromatic N) is 2. The summed E-state index contributed by atoms with van der Waals surface area (Å²) in [5.41, 5.74) is 2.44. The number of rotatable bonds is 3. The molecule has 0 saturated carbocycles. The number of aromatic nitrogens is 2. The zero-order valence-electron chi connectivity index (χ0n) is 9.58. The topological polar surface area (TPSA) is 44.1 Å². The average molecular weight is 248 g/mol. The third kappa shape index (κ3) is 1.50. The van der Waals surface area contributed by atoms with E-state index in [4.69, 9.17) is 9.15 Å². The first-order valence-corrected chi connectivity index (χ1v) is 6.52. The van der Waals surface area contributed by atoms with E-state index in [9.17, 15) is 0 Å². The Balaban J connectivity index is 2.12. The predicted octanol–water partition coefficient (Wildman–Crippen LogP) is 3.31. The molecule has 2 heterocycles. The molecule has 3 aromatic rings. The Morgan fingerprint density at radius 1 is 1.24 bits per heavy atom. The van der Waals surface area contributed by atoms with Gasteiger partial charge in [0.15, 0.2) is 0 Å². The molecule has 0 spiro atoms. The van der Waals surface area contributed by atoms with Crippen molar-refractivity contribution in [1.82, 2.24) is 9.78 Å². The molecule has 17 heavy (non-hydrogen) atoms. The van der Waals surface area contributed by atoms with Crippen molar-refractivity contribution < 1.29 is 9.15 Å². The number of hydrogen-bond acceptors (Lipinski definition) is 4. The standard InChI is InChI=1S/C12H12N2O2S/c1-12(17-2,9-6-4-3-5-7-9)14-8-10-11(13-14)16-15-10/h3-8H,1-2H3/t12-/m0/s1. The lowest BCUT2D eigenvalue weighted by Crippen LogP contribution is -2.27. The summed E-state index contributed by atoms with van der Waals surface area (Å²) in [5.74, 6) is 0. The molecule has 0 aliphatic heterocycles. The lowest BCUT2D eigenvalue weighted by molar-refractivity contribution is 0.0563. The fraction of sp³-hybridized carbons (Fsp3) is 0.250. The minimum absolute atomic E-state index is 0.259. The molecule has 1 atom stereocenters. The highest BCUT2D eigenvalue weighted by Crippen LogP contribution is 2.36. The van der Waals surface area contributed by atoms with Gasteiger partial charge in [-0.05, 0) is 18.7 Å². The Kier molecular flexibility index (Phi) is 2.29. The summed E-state index contributed by atoms with van der Waals surface area (Å²) < 4.78 is 11.5. The molecule has 4 nitrogen and oxygen atoms in total. The van der Waals surface area contributed by atoms with Crippen molar-refractivity contribution in [3.63, 3.8) is 0 Å². The Bertz CT molecular complexity index is 597. The van der Waals surface area contributed by atoms with Crippen molar-refractivity contribution in [2.45, 2.75) is 11.8 Å². The molecule has 2 aromatic heterocycles. The highest BCUT2D eigenvalue weighted by atomic mass is 32.2. The second kappa shape index (κ2) is 3.70. The first-order valence-electron chi connectivity index (χ1n) is 5.29. The van der Waals surface area contributed by atoms with Gasteiger partial charge in [-0.3, -0.25) is 9.15 Å². The third-order valence-corrected chi connectivity index (χ3v) is 4.22. The molecule has 88 valence electrons. The number of fused-ring (bicyclic) bond motifs is 1. The lowest BCUT2D eigenvalue weighted by atomic mass is 10.1. The maximum Gasteiger partial charge on any atom is 0.335 e. The van der Waals surface area contributed by atoms with E-state index < -0.39 is 0 Å². The molecule has 0 radical (unpaired) electrons. The van der Waals surface area contributed by atoms with Gasteiger partial charge in [-0.1, -0.05) is 30.3 Å². The fourth-order valence-corrected chi connectivity index (χ4v) is 2.47. The summed E-state index contributed by atoms with van der Waals surface area (Å²) in [6.07, 6.45) is 3.93. The van der Waals surface area contributed by atoms with Crippen LogP contribution in [-0.4, -0.2) is 16.0 Å². The molecule has 5 heteroatoms. The second-order valence-electron chi connectivity index (χ2n) is 3.96. The van der Waals surface area contributed by atoms with Crippen LogP contribution in [0.4, 0.5) is 0 Å². The van der Waals surface area contributed by atoms with E-state index in [1.165, 1.54) is 5.56 Å². The number of hydrogen-bond donors (Lipinski definition) is 0. The molecule has 0 amide bonds. The van der Waals surface area contributed by atoms with Gasteiger partial charge in [0.1, 0.15) is 4.87 Å². The van der Waals surface area contributed by atoms with Crippen molar-refractivity contribution in [2.75, 3.05) is 6.26 Å². The van der Waals surface area contributed by atoms with Gasteiger partial charge < -0.3 is 0 Å². The SMILES string of the molecule is CS[C@@](C)(c1ccccc1)n1cc2ooc2n1. The van der Waals surface area contributed by atoms with Gasteiger partial charge in [0.2, 0.25) is 0 Å². The molecular formula is C12H12N2O2S. The van der Waals surface area contributed by atoms with Crippen molar-refractivity contribution >= 4 is 23.1 Å². The second-order valence-corrected chi connectivity index (χ2v) is 5.17. The summed E-state index contributed by atoms with van der Waals surface area (Å²) in [4.78, 5) is -0.259. The highest BCUT2D eigenvalue weighted by molar-refractivity contribution is 7.99. The molecule has 0 fully saturated rings. The molecule has 3 rings (SSSR count). The summed E-state index contributed by atoms with van der Waals surface area (Å²) in [6, 6.07) is 10.3. The Morgan fingerprint density at radius 3 is 2.47 bits per heavy atom. The van der Waals surface area contributed by atoms with Gasteiger partial charge in [0.25, 0.3) is 5.58 Å². The summed E-state index contributed by atoms with van der Waals surface area (Å²) in [7, 11) is 0. The van der Waals surface area contributed by atoms with Gasteiger partial charge in [0.05, 0.1) is 6.20 Å². The van der Waals surface area contributed by atoms with Gasteiger partial charge in [0, 0.05) is 0 Å². The lowest BCUT2D eigenvalue weighted by Gasteiger charge is -2.28. The van der Waals surface area contributed by atoms with Crippen LogP contribution < -0.4 is 0 Å². The van der Waals surface area contributed by atoms with Gasteiger partial charge >= 0.3 is 5.71 Å². The number of thioether (sulfide) groups is 1. The van der Waals surface area contributed by atoms with Crippen LogP contribution in [0.2, 0.25) is 0 Å². The van der Waals surface area contributed by atoms with Crippen LogP contribution in [0.15, 0.2) is 45.7 Å². The van der Waals surface area contributed by atoms with E-state index in [0.29, 0.717) is 11.3 Å². The van der Waals surface area contributed by atoms with E-state index in [2.05, 4.69) is 30.4 Å². The van der Waals surface area contributed by atoms with E-state index in [1.807, 2.05) is 29.1 Å². The van der Waals surface area contributed by atoms with Crippen LogP contribution in [0, 0.1) is 0 Å². The van der Waals surface area contributed by atoms with Gasteiger partial charge in [-0.25, -0.2) is 4.68 Å². The van der Waals surface area contributed by atoms with Gasteiger partial charge in [-0.2, -0.15) is 0 Å². The molecular weight excluding hydrogens is 236 g/mol. The van der Waals surface area contributed by atoms with Crippen molar-refractivity contribution in [3.05, 3.63) is 42.1 Å². The van der Waals surface area contributed by atoms with Crippen LogP contribution in [0.3, 0.4) is 0 Å². The predicted molar refractivity (Wildman–Crippen MR) is 67.0 cm³/mol. The molecule has 0 aliphatic rings. The average Bonchev–Trinajstić information content (AvgIpc) is 2.66. The first-order chi connectivity index (χ1) is 8.24. The Hall–Kier alpha value is -1.62. The molecule has 0 bridgehead atoms. The van der Waals surface area contributed by atoms with Crippen LogP contribution in [0.5, 0.6) is 0 Å². The van der Waals surface area contributed by atoms with E-state index >= 15 is 0 Å². The van der Waals surface area contributed by atoms with E-state index in [1.54, 1.807) is 11.8 Å². The van der Waals surface area contributed by atoms with Crippen LogP contribution >= 0.6 is 11.8 Å². The first kappa shape index (κ1) is 10.5. The maximum absolute atomic E-state index is 4.84. The Labute approximate surface area is 103 Å². The Morgan fingerprint density at radius 2 is 2.00 bits per heavy atom. The summed E-state index contributed by atoms with van der Waals surface area (Å²) in [6.45, 7) is 2.12. The molecule has 1 aromatic carbocycles. The molecule has 0 unspecified atom stereocenters. The largest absolute Gasteiger partial charge is 0.335 e. The van der Waals surface area contributed by atoms with Crippen LogP contribution in [0.1, 0.15) is 12.5 Å². The van der Waals surface area contributed by atoms with Crippen LogP contribution in [0.25, 0.3) is 11.3 Å². The number of benzene rings is 1. The minimum Gasteiger partial charge on any atom is -0.280 e.